The molecule has 0 amide bonds. The van der Waals surface area contributed by atoms with E-state index < -0.39 is 0 Å². The fraction of sp³-hybridized carbons (Fsp3) is 0.300. The molecule has 2 aromatic rings. The monoisotopic (exact) mass is 342 g/mol. The van der Waals surface area contributed by atoms with Crippen LogP contribution in [0, 0.1) is 11.8 Å². The maximum Gasteiger partial charge on any atom is 0.203 e. The highest BCUT2D eigenvalue weighted by Crippen LogP contribution is 2.37. The van der Waals surface area contributed by atoms with Gasteiger partial charge in [-0.2, -0.15) is 11.8 Å². The van der Waals surface area contributed by atoms with Gasteiger partial charge in [-0.3, -0.25) is 0 Å². The lowest BCUT2D eigenvalue weighted by atomic mass is 10.2. The molecule has 126 valence electrons. The average Bonchev–Trinajstić information content (AvgIpc) is 2.64. The van der Waals surface area contributed by atoms with E-state index in [0.717, 1.165) is 23.5 Å². The molecule has 0 heterocycles. The molecule has 0 aromatic heterocycles. The van der Waals surface area contributed by atoms with Crippen LogP contribution in [0.3, 0.4) is 0 Å². The van der Waals surface area contributed by atoms with Gasteiger partial charge in [0.05, 0.1) is 21.3 Å². The second-order valence-corrected chi connectivity index (χ2v) is 6.11. The van der Waals surface area contributed by atoms with Gasteiger partial charge in [0.25, 0.3) is 0 Å². The number of hydrogen-bond acceptors (Lipinski definition) is 4. The van der Waals surface area contributed by atoms with Crippen molar-refractivity contribution in [3.63, 3.8) is 0 Å². The molecule has 0 spiro atoms. The van der Waals surface area contributed by atoms with E-state index in [9.17, 15) is 0 Å². The van der Waals surface area contributed by atoms with Gasteiger partial charge < -0.3 is 14.2 Å². The van der Waals surface area contributed by atoms with Crippen LogP contribution >= 0.6 is 11.8 Å². The van der Waals surface area contributed by atoms with Crippen molar-refractivity contribution in [2.24, 2.45) is 0 Å². The lowest BCUT2D eigenvalue weighted by Crippen LogP contribution is -1.95. The molecule has 2 rings (SSSR count). The summed E-state index contributed by atoms with van der Waals surface area (Å²) < 4.78 is 16.0. The molecule has 3 nitrogen and oxygen atoms in total. The van der Waals surface area contributed by atoms with E-state index in [1.165, 1.54) is 5.56 Å². The first-order chi connectivity index (χ1) is 11.8. The number of rotatable bonds is 7. The van der Waals surface area contributed by atoms with Crippen molar-refractivity contribution in [1.29, 1.82) is 0 Å². The van der Waals surface area contributed by atoms with E-state index in [-0.39, 0.29) is 0 Å². The second-order valence-electron chi connectivity index (χ2n) is 5.00. The number of thioether (sulfide) groups is 1. The maximum atomic E-state index is 5.34. The van der Waals surface area contributed by atoms with Crippen LogP contribution in [0.25, 0.3) is 0 Å². The molecule has 0 unspecified atom stereocenters. The summed E-state index contributed by atoms with van der Waals surface area (Å²) in [5.41, 5.74) is 2.21. The van der Waals surface area contributed by atoms with Gasteiger partial charge in [0.15, 0.2) is 11.5 Å². The zero-order valence-corrected chi connectivity index (χ0v) is 15.1. The fourth-order valence-electron chi connectivity index (χ4n) is 2.21. The predicted octanol–water partition coefficient (Wildman–Crippen LogP) is 4.39. The zero-order valence-electron chi connectivity index (χ0n) is 14.3. The van der Waals surface area contributed by atoms with Crippen LogP contribution in [0.5, 0.6) is 17.2 Å². The third-order valence-corrected chi connectivity index (χ3v) is 4.41. The molecule has 0 aliphatic rings. The molecular formula is C20H22O3S. The van der Waals surface area contributed by atoms with E-state index in [1.807, 2.05) is 30.0 Å². The Labute approximate surface area is 148 Å². The second kappa shape index (κ2) is 9.79. The van der Waals surface area contributed by atoms with Gasteiger partial charge in [-0.15, -0.1) is 0 Å². The Morgan fingerprint density at radius 2 is 1.58 bits per heavy atom. The topological polar surface area (TPSA) is 27.7 Å². The van der Waals surface area contributed by atoms with E-state index in [0.29, 0.717) is 17.2 Å². The third-order valence-electron chi connectivity index (χ3n) is 3.38. The Hall–Kier alpha value is -2.25. The first-order valence-electron chi connectivity index (χ1n) is 7.69. The third kappa shape index (κ3) is 5.14. The SMILES string of the molecule is COc1cc(C#CCCSCc2ccccc2)cc(OC)c1OC. The summed E-state index contributed by atoms with van der Waals surface area (Å²) in [5, 5.41) is 0. The molecule has 24 heavy (non-hydrogen) atoms. The molecule has 0 N–H and O–H groups in total. The van der Waals surface area contributed by atoms with Gasteiger partial charge in [0.1, 0.15) is 0 Å². The Balaban J connectivity index is 1.91. The van der Waals surface area contributed by atoms with Gasteiger partial charge in [-0.1, -0.05) is 42.2 Å². The highest BCUT2D eigenvalue weighted by atomic mass is 32.2. The van der Waals surface area contributed by atoms with Crippen molar-refractivity contribution < 1.29 is 14.2 Å². The van der Waals surface area contributed by atoms with Crippen LogP contribution < -0.4 is 14.2 Å². The molecule has 2 aromatic carbocycles. The molecule has 4 heteroatoms. The Morgan fingerprint density at radius 3 is 2.17 bits per heavy atom. The summed E-state index contributed by atoms with van der Waals surface area (Å²) in [6.45, 7) is 0. The van der Waals surface area contributed by atoms with E-state index in [4.69, 9.17) is 14.2 Å². The van der Waals surface area contributed by atoms with Gasteiger partial charge in [-0.25, -0.2) is 0 Å². The molecule has 0 atom stereocenters. The molecule has 0 aliphatic heterocycles. The largest absolute Gasteiger partial charge is 0.493 e. The fourth-order valence-corrected chi connectivity index (χ4v) is 3.02. The number of ether oxygens (including phenoxy) is 3. The van der Waals surface area contributed by atoms with Crippen molar-refractivity contribution >= 4 is 11.8 Å². The van der Waals surface area contributed by atoms with Crippen molar-refractivity contribution in [1.82, 2.24) is 0 Å². The summed E-state index contributed by atoms with van der Waals surface area (Å²) >= 11 is 1.89. The van der Waals surface area contributed by atoms with Crippen LogP contribution in [0.1, 0.15) is 17.5 Å². The predicted molar refractivity (Wildman–Crippen MR) is 100 cm³/mol. The van der Waals surface area contributed by atoms with Gasteiger partial charge in [-0.05, 0) is 17.7 Å². The molecule has 0 bridgehead atoms. The molecule has 0 fully saturated rings. The molecule has 0 saturated carbocycles. The summed E-state index contributed by atoms with van der Waals surface area (Å²) in [6.07, 6.45) is 0.841. The highest BCUT2D eigenvalue weighted by molar-refractivity contribution is 7.98. The van der Waals surface area contributed by atoms with Crippen molar-refractivity contribution in [2.45, 2.75) is 12.2 Å². The first kappa shape index (κ1) is 18.1. The molecule has 0 saturated heterocycles. The van der Waals surface area contributed by atoms with E-state index >= 15 is 0 Å². The average molecular weight is 342 g/mol. The number of benzene rings is 2. The summed E-state index contributed by atoms with van der Waals surface area (Å²) in [6, 6.07) is 14.2. The van der Waals surface area contributed by atoms with Gasteiger partial charge in [0.2, 0.25) is 5.75 Å². The van der Waals surface area contributed by atoms with Crippen LogP contribution in [0.4, 0.5) is 0 Å². The van der Waals surface area contributed by atoms with E-state index in [1.54, 1.807) is 21.3 Å². The van der Waals surface area contributed by atoms with Gasteiger partial charge in [0, 0.05) is 23.5 Å². The zero-order chi connectivity index (χ0) is 17.2. The summed E-state index contributed by atoms with van der Waals surface area (Å²) in [4.78, 5) is 0. The van der Waals surface area contributed by atoms with Crippen LogP contribution in [-0.2, 0) is 5.75 Å². The molecular weight excluding hydrogens is 320 g/mol. The van der Waals surface area contributed by atoms with Crippen molar-refractivity contribution in [3.8, 4) is 29.1 Å². The van der Waals surface area contributed by atoms with Crippen molar-refractivity contribution in [2.75, 3.05) is 27.1 Å². The Kier molecular flexibility index (Phi) is 7.38. The van der Waals surface area contributed by atoms with Crippen LogP contribution in [-0.4, -0.2) is 27.1 Å². The summed E-state index contributed by atoms with van der Waals surface area (Å²) in [7, 11) is 4.80. The first-order valence-corrected chi connectivity index (χ1v) is 8.84. The number of hydrogen-bond donors (Lipinski definition) is 0. The quantitative estimate of drug-likeness (QED) is 0.551. The number of methoxy groups -OCH3 is 3. The Morgan fingerprint density at radius 1 is 0.917 bits per heavy atom. The normalized spacial score (nSPS) is 9.79. The molecule has 0 radical (unpaired) electrons. The Bertz CT molecular complexity index is 677. The minimum absolute atomic E-state index is 0.587. The standard InChI is InChI=1S/C20H22O3S/c1-21-18-13-17(14-19(22-2)20(18)23-3)11-7-8-12-24-15-16-9-5-4-6-10-16/h4-6,9-10,13-14H,8,12,15H2,1-3H3. The van der Waals surface area contributed by atoms with E-state index in [2.05, 4.69) is 36.1 Å². The lowest BCUT2D eigenvalue weighted by Gasteiger charge is -2.12. The van der Waals surface area contributed by atoms with Gasteiger partial charge >= 0.3 is 0 Å². The van der Waals surface area contributed by atoms with Crippen LogP contribution in [0.15, 0.2) is 42.5 Å². The smallest absolute Gasteiger partial charge is 0.203 e. The summed E-state index contributed by atoms with van der Waals surface area (Å²) in [5.74, 6) is 10.2. The maximum absolute atomic E-state index is 5.34. The molecule has 0 aliphatic carbocycles. The highest BCUT2D eigenvalue weighted by Gasteiger charge is 2.12. The van der Waals surface area contributed by atoms with Crippen LogP contribution in [0.2, 0.25) is 0 Å². The minimum atomic E-state index is 0.587. The van der Waals surface area contributed by atoms with Crippen molar-refractivity contribution in [3.05, 3.63) is 53.6 Å². The lowest BCUT2D eigenvalue weighted by molar-refractivity contribution is 0.324. The minimum Gasteiger partial charge on any atom is -0.493 e.